The summed E-state index contributed by atoms with van der Waals surface area (Å²) in [5.41, 5.74) is 10.6. The number of amides is 3. The highest BCUT2D eigenvalue weighted by Gasteiger charge is 2.26. The van der Waals surface area contributed by atoms with Crippen molar-refractivity contribution in [3.63, 3.8) is 0 Å². The lowest BCUT2D eigenvalue weighted by Gasteiger charge is -2.32. The Balaban J connectivity index is 2.48. The molecule has 0 aromatic carbocycles. The van der Waals surface area contributed by atoms with Gasteiger partial charge in [-0.05, 0) is 12.8 Å². The van der Waals surface area contributed by atoms with Gasteiger partial charge in [0.1, 0.15) is 0 Å². The molecule has 0 aromatic rings. The van der Waals surface area contributed by atoms with E-state index in [-0.39, 0.29) is 24.9 Å². The molecule has 3 amide bonds. The Labute approximate surface area is 125 Å². The molecule has 1 rings (SSSR count). The molecule has 0 radical (unpaired) electrons. The number of hydrogen-bond donors (Lipinski definition) is 2. The summed E-state index contributed by atoms with van der Waals surface area (Å²) in [4.78, 5) is 37.9. The maximum atomic E-state index is 12.2. The van der Waals surface area contributed by atoms with Gasteiger partial charge in [-0.25, -0.2) is 0 Å². The lowest BCUT2D eigenvalue weighted by Crippen LogP contribution is -2.49. The minimum atomic E-state index is -0.986. The Hall–Kier alpha value is -1.63. The Kier molecular flexibility index (Phi) is 6.61. The van der Waals surface area contributed by atoms with Gasteiger partial charge in [0.2, 0.25) is 17.7 Å². The second-order valence-electron chi connectivity index (χ2n) is 5.77. The Morgan fingerprint density at radius 2 is 1.71 bits per heavy atom. The molecule has 7 nitrogen and oxygen atoms in total. The molecule has 1 atom stereocenters. The third-order valence-electron chi connectivity index (χ3n) is 4.00. The van der Waals surface area contributed by atoms with Gasteiger partial charge in [-0.2, -0.15) is 0 Å². The Morgan fingerprint density at radius 1 is 1.14 bits per heavy atom. The SMILES string of the molecule is CN(CC(=O)N(C)C1CCCCC1)C(=O)C(N)CC(N)=O. The van der Waals surface area contributed by atoms with Gasteiger partial charge in [0.05, 0.1) is 19.0 Å². The van der Waals surface area contributed by atoms with Crippen molar-refractivity contribution in [1.82, 2.24) is 9.80 Å². The summed E-state index contributed by atoms with van der Waals surface area (Å²) in [6.07, 6.45) is 5.32. The fraction of sp³-hybridized carbons (Fsp3) is 0.786. The highest BCUT2D eigenvalue weighted by Crippen LogP contribution is 2.21. The van der Waals surface area contributed by atoms with Crippen molar-refractivity contribution < 1.29 is 14.4 Å². The molecule has 1 fully saturated rings. The van der Waals surface area contributed by atoms with E-state index in [4.69, 9.17) is 11.5 Å². The van der Waals surface area contributed by atoms with E-state index in [1.54, 1.807) is 11.9 Å². The maximum Gasteiger partial charge on any atom is 0.242 e. The third-order valence-corrected chi connectivity index (χ3v) is 4.00. The van der Waals surface area contributed by atoms with Crippen LogP contribution in [0.2, 0.25) is 0 Å². The van der Waals surface area contributed by atoms with E-state index in [1.165, 1.54) is 18.4 Å². The quantitative estimate of drug-likeness (QED) is 0.684. The minimum Gasteiger partial charge on any atom is -0.370 e. The van der Waals surface area contributed by atoms with Gasteiger partial charge in [-0.3, -0.25) is 14.4 Å². The first-order valence-corrected chi connectivity index (χ1v) is 7.37. The van der Waals surface area contributed by atoms with Gasteiger partial charge in [-0.15, -0.1) is 0 Å². The van der Waals surface area contributed by atoms with Crippen LogP contribution in [0.15, 0.2) is 0 Å². The van der Waals surface area contributed by atoms with Crippen molar-refractivity contribution >= 4 is 17.7 Å². The predicted molar refractivity (Wildman–Crippen MR) is 79.1 cm³/mol. The average molecular weight is 298 g/mol. The summed E-state index contributed by atoms with van der Waals surface area (Å²) in [7, 11) is 3.29. The predicted octanol–water partition coefficient (Wildman–Crippen LogP) is -0.561. The molecule has 7 heteroatoms. The molecule has 21 heavy (non-hydrogen) atoms. The number of carbonyl (C=O) groups excluding carboxylic acids is 3. The number of rotatable bonds is 6. The van der Waals surface area contributed by atoms with Crippen LogP contribution in [-0.2, 0) is 14.4 Å². The van der Waals surface area contributed by atoms with Gasteiger partial charge in [0.25, 0.3) is 0 Å². The molecule has 4 N–H and O–H groups in total. The molecule has 120 valence electrons. The van der Waals surface area contributed by atoms with E-state index < -0.39 is 17.9 Å². The van der Waals surface area contributed by atoms with Crippen LogP contribution in [0, 0.1) is 0 Å². The topological polar surface area (TPSA) is 110 Å². The van der Waals surface area contributed by atoms with Crippen molar-refractivity contribution in [2.45, 2.75) is 50.6 Å². The molecule has 1 unspecified atom stereocenters. The zero-order valence-corrected chi connectivity index (χ0v) is 12.9. The normalized spacial score (nSPS) is 17.1. The van der Waals surface area contributed by atoms with Crippen LogP contribution < -0.4 is 11.5 Å². The van der Waals surface area contributed by atoms with Crippen molar-refractivity contribution in [3.05, 3.63) is 0 Å². The summed E-state index contributed by atoms with van der Waals surface area (Å²) in [5, 5.41) is 0. The number of nitrogens with zero attached hydrogens (tertiary/aromatic N) is 2. The van der Waals surface area contributed by atoms with E-state index in [1.807, 2.05) is 0 Å². The van der Waals surface area contributed by atoms with Crippen molar-refractivity contribution in [2.75, 3.05) is 20.6 Å². The molecule has 0 aromatic heterocycles. The standard InChI is InChI=1S/C14H26N4O3/c1-17(14(21)11(15)8-12(16)19)9-13(20)18(2)10-6-4-3-5-7-10/h10-11H,3-9,15H2,1-2H3,(H2,16,19). The lowest BCUT2D eigenvalue weighted by atomic mass is 9.94. The van der Waals surface area contributed by atoms with Crippen LogP contribution in [-0.4, -0.2) is 60.2 Å². The van der Waals surface area contributed by atoms with Gasteiger partial charge in [0, 0.05) is 20.1 Å². The van der Waals surface area contributed by atoms with Crippen LogP contribution in [0.1, 0.15) is 38.5 Å². The number of carbonyl (C=O) groups is 3. The zero-order valence-electron chi connectivity index (χ0n) is 12.9. The Bertz CT molecular complexity index is 394. The number of nitrogens with two attached hydrogens (primary N) is 2. The van der Waals surface area contributed by atoms with Crippen molar-refractivity contribution in [3.8, 4) is 0 Å². The van der Waals surface area contributed by atoms with E-state index in [9.17, 15) is 14.4 Å². The first-order chi connectivity index (χ1) is 9.82. The maximum absolute atomic E-state index is 12.2. The highest BCUT2D eigenvalue weighted by atomic mass is 16.2. The smallest absolute Gasteiger partial charge is 0.242 e. The molecule has 0 bridgehead atoms. The Morgan fingerprint density at radius 3 is 2.24 bits per heavy atom. The molecular weight excluding hydrogens is 272 g/mol. The fourth-order valence-electron chi connectivity index (χ4n) is 2.65. The zero-order chi connectivity index (χ0) is 16.0. The second kappa shape index (κ2) is 7.97. The van der Waals surface area contributed by atoms with Crippen molar-refractivity contribution in [1.29, 1.82) is 0 Å². The number of likely N-dealkylation sites (N-methyl/N-ethyl adjacent to an activating group) is 2. The summed E-state index contributed by atoms with van der Waals surface area (Å²) in [6.45, 7) is -0.0295. The first-order valence-electron chi connectivity index (χ1n) is 7.37. The van der Waals surface area contributed by atoms with Crippen LogP contribution in [0.3, 0.4) is 0 Å². The van der Waals surface area contributed by atoms with Gasteiger partial charge in [-0.1, -0.05) is 19.3 Å². The molecule has 1 saturated carbocycles. The van der Waals surface area contributed by atoms with Crippen LogP contribution in [0.4, 0.5) is 0 Å². The summed E-state index contributed by atoms with van der Waals surface area (Å²) >= 11 is 0. The average Bonchev–Trinajstić information content (AvgIpc) is 2.45. The molecule has 0 heterocycles. The first kappa shape index (κ1) is 17.4. The van der Waals surface area contributed by atoms with Crippen LogP contribution in [0.25, 0.3) is 0 Å². The van der Waals surface area contributed by atoms with Gasteiger partial charge < -0.3 is 21.3 Å². The minimum absolute atomic E-state index is 0.0295. The van der Waals surface area contributed by atoms with Crippen LogP contribution in [0.5, 0.6) is 0 Å². The van der Waals surface area contributed by atoms with Crippen molar-refractivity contribution in [2.24, 2.45) is 11.5 Å². The van der Waals surface area contributed by atoms with Crippen LogP contribution >= 0.6 is 0 Å². The third kappa shape index (κ3) is 5.34. The fourth-order valence-corrected chi connectivity index (χ4v) is 2.65. The van der Waals surface area contributed by atoms with Gasteiger partial charge >= 0.3 is 0 Å². The summed E-state index contributed by atoms with van der Waals surface area (Å²) in [6, 6.07) is -0.727. The summed E-state index contributed by atoms with van der Waals surface area (Å²) < 4.78 is 0. The molecular formula is C14H26N4O3. The van der Waals surface area contributed by atoms with E-state index in [2.05, 4.69) is 0 Å². The molecule has 0 saturated heterocycles. The molecule has 0 aliphatic heterocycles. The number of primary amides is 1. The lowest BCUT2D eigenvalue weighted by molar-refractivity contribution is -0.141. The van der Waals surface area contributed by atoms with Gasteiger partial charge in [0.15, 0.2) is 0 Å². The molecule has 1 aliphatic carbocycles. The number of hydrogen-bond acceptors (Lipinski definition) is 4. The van der Waals surface area contributed by atoms with E-state index >= 15 is 0 Å². The monoisotopic (exact) mass is 298 g/mol. The molecule has 1 aliphatic rings. The summed E-state index contributed by atoms with van der Waals surface area (Å²) in [5.74, 6) is -1.18. The van der Waals surface area contributed by atoms with E-state index in [0.717, 1.165) is 25.7 Å². The largest absolute Gasteiger partial charge is 0.370 e. The second-order valence-corrected chi connectivity index (χ2v) is 5.77. The van der Waals surface area contributed by atoms with E-state index in [0.29, 0.717) is 0 Å². The molecule has 0 spiro atoms. The highest BCUT2D eigenvalue weighted by molar-refractivity contribution is 5.90.